The highest BCUT2D eigenvalue weighted by atomic mass is 35.5. The molecule has 4 nitrogen and oxygen atoms in total. The summed E-state index contributed by atoms with van der Waals surface area (Å²) < 4.78 is 5.54. The summed E-state index contributed by atoms with van der Waals surface area (Å²) in [5.41, 5.74) is 6.87. The van der Waals surface area contributed by atoms with Crippen LogP contribution in [0.3, 0.4) is 0 Å². The lowest BCUT2D eigenvalue weighted by molar-refractivity contribution is -0.126. The molecule has 0 bridgehead atoms. The van der Waals surface area contributed by atoms with Crippen molar-refractivity contribution in [2.75, 3.05) is 7.11 Å². The summed E-state index contributed by atoms with van der Waals surface area (Å²) in [7, 11) is 1.65. The van der Waals surface area contributed by atoms with Gasteiger partial charge in [-0.1, -0.05) is 23.7 Å². The first kappa shape index (κ1) is 19.2. The van der Waals surface area contributed by atoms with Crippen LogP contribution in [-0.4, -0.2) is 25.1 Å². The fraction of sp³-hybridized carbons (Fsp3) is 0.562. The molecule has 1 amide bonds. The Bertz CT molecular complexity index is 482. The van der Waals surface area contributed by atoms with Gasteiger partial charge in [0.15, 0.2) is 0 Å². The first-order chi connectivity index (χ1) is 10.0. The van der Waals surface area contributed by atoms with Crippen LogP contribution in [0.25, 0.3) is 0 Å². The third-order valence-corrected chi connectivity index (χ3v) is 4.37. The number of nitrogens with two attached hydrogens (primary N) is 1. The number of rotatable bonds is 5. The summed E-state index contributed by atoms with van der Waals surface area (Å²) in [5, 5.41) is 3.74. The second kappa shape index (κ2) is 8.73. The minimum atomic E-state index is -0.193. The summed E-state index contributed by atoms with van der Waals surface area (Å²) in [6.45, 7) is 1.95. The molecular formula is C16H24Cl2N2O2. The number of halogens is 2. The average molecular weight is 347 g/mol. The van der Waals surface area contributed by atoms with Crippen molar-refractivity contribution in [1.82, 2.24) is 5.32 Å². The molecule has 4 unspecified atom stereocenters. The molecule has 0 spiro atoms. The van der Waals surface area contributed by atoms with Crippen LogP contribution in [0.2, 0.25) is 5.02 Å². The Morgan fingerprint density at radius 3 is 2.50 bits per heavy atom. The Labute approximate surface area is 143 Å². The normalized spacial score (nSPS) is 23.5. The highest BCUT2D eigenvalue weighted by Crippen LogP contribution is 2.26. The van der Waals surface area contributed by atoms with Gasteiger partial charge in [0.1, 0.15) is 6.10 Å². The SMILES string of the molecule is COC(c1ccc(Cl)cc1)C(C)NC(=O)C1CCC(N)C1.Cl. The molecule has 1 aliphatic rings. The van der Waals surface area contributed by atoms with Crippen molar-refractivity contribution in [2.45, 2.75) is 44.4 Å². The number of nitrogens with one attached hydrogen (secondary N) is 1. The van der Waals surface area contributed by atoms with Gasteiger partial charge in [-0.05, 0) is 43.9 Å². The fourth-order valence-electron chi connectivity index (χ4n) is 2.95. The molecule has 2 rings (SSSR count). The molecule has 124 valence electrons. The zero-order valence-electron chi connectivity index (χ0n) is 12.9. The van der Waals surface area contributed by atoms with Crippen LogP contribution in [0.15, 0.2) is 24.3 Å². The van der Waals surface area contributed by atoms with Crippen LogP contribution in [0, 0.1) is 5.92 Å². The molecule has 0 aliphatic heterocycles. The minimum Gasteiger partial charge on any atom is -0.375 e. The maximum absolute atomic E-state index is 12.3. The van der Waals surface area contributed by atoms with Crippen LogP contribution in [-0.2, 0) is 9.53 Å². The van der Waals surface area contributed by atoms with Gasteiger partial charge in [0.2, 0.25) is 5.91 Å². The molecule has 22 heavy (non-hydrogen) atoms. The van der Waals surface area contributed by atoms with E-state index in [1.54, 1.807) is 7.11 Å². The zero-order valence-corrected chi connectivity index (χ0v) is 14.5. The number of carbonyl (C=O) groups is 1. The molecule has 3 N–H and O–H groups in total. The molecule has 1 fully saturated rings. The van der Waals surface area contributed by atoms with Crippen molar-refractivity contribution in [3.05, 3.63) is 34.9 Å². The first-order valence-corrected chi connectivity index (χ1v) is 7.73. The van der Waals surface area contributed by atoms with Crippen molar-refractivity contribution < 1.29 is 9.53 Å². The van der Waals surface area contributed by atoms with Gasteiger partial charge in [0, 0.05) is 24.1 Å². The monoisotopic (exact) mass is 346 g/mol. The summed E-state index contributed by atoms with van der Waals surface area (Å²) in [5.74, 6) is 0.108. The highest BCUT2D eigenvalue weighted by molar-refractivity contribution is 6.30. The predicted molar refractivity (Wildman–Crippen MR) is 91.4 cm³/mol. The second-order valence-corrected chi connectivity index (χ2v) is 6.21. The number of methoxy groups -OCH3 is 1. The summed E-state index contributed by atoms with van der Waals surface area (Å²) in [6, 6.07) is 7.54. The maximum Gasteiger partial charge on any atom is 0.223 e. The third kappa shape index (κ3) is 4.85. The zero-order chi connectivity index (χ0) is 15.4. The largest absolute Gasteiger partial charge is 0.375 e. The topological polar surface area (TPSA) is 64.3 Å². The van der Waals surface area contributed by atoms with Gasteiger partial charge in [-0.2, -0.15) is 0 Å². The first-order valence-electron chi connectivity index (χ1n) is 7.35. The lowest BCUT2D eigenvalue weighted by Crippen LogP contribution is -2.40. The molecule has 0 saturated heterocycles. The standard InChI is InChI=1S/C16H23ClN2O2.ClH/c1-10(19-16(20)12-5-8-14(18)9-12)15(21-2)11-3-6-13(17)7-4-11;/h3-4,6-7,10,12,14-15H,5,8-9,18H2,1-2H3,(H,19,20);1H. The van der Waals surface area contributed by atoms with Gasteiger partial charge in [-0.15, -0.1) is 12.4 Å². The quantitative estimate of drug-likeness (QED) is 0.860. The van der Waals surface area contributed by atoms with Crippen LogP contribution in [0.5, 0.6) is 0 Å². The van der Waals surface area contributed by atoms with E-state index in [9.17, 15) is 4.79 Å². The lowest BCUT2D eigenvalue weighted by atomic mass is 10.0. The summed E-state index contributed by atoms with van der Waals surface area (Å²) in [6.07, 6.45) is 2.38. The number of benzene rings is 1. The lowest BCUT2D eigenvalue weighted by Gasteiger charge is -2.25. The Morgan fingerprint density at radius 2 is 2.00 bits per heavy atom. The van der Waals surface area contributed by atoms with Crippen molar-refractivity contribution in [2.24, 2.45) is 11.7 Å². The van der Waals surface area contributed by atoms with Crippen LogP contribution >= 0.6 is 24.0 Å². The third-order valence-electron chi connectivity index (χ3n) is 4.12. The van der Waals surface area contributed by atoms with Gasteiger partial charge in [0.05, 0.1) is 6.04 Å². The molecule has 1 saturated carbocycles. The summed E-state index contributed by atoms with van der Waals surface area (Å²) >= 11 is 5.90. The molecule has 1 aromatic carbocycles. The second-order valence-electron chi connectivity index (χ2n) is 5.78. The number of ether oxygens (including phenoxy) is 1. The van der Waals surface area contributed by atoms with Crippen molar-refractivity contribution >= 4 is 29.9 Å². The fourth-order valence-corrected chi connectivity index (χ4v) is 3.08. The Kier molecular flexibility index (Phi) is 7.63. The number of carbonyl (C=O) groups excluding carboxylic acids is 1. The van der Waals surface area contributed by atoms with Crippen LogP contribution in [0.4, 0.5) is 0 Å². The molecule has 6 heteroatoms. The van der Waals surface area contributed by atoms with Gasteiger partial charge in [-0.3, -0.25) is 4.79 Å². The molecule has 1 aliphatic carbocycles. The molecular weight excluding hydrogens is 323 g/mol. The van der Waals surface area contributed by atoms with Gasteiger partial charge >= 0.3 is 0 Å². The highest BCUT2D eigenvalue weighted by Gasteiger charge is 2.30. The Hall–Kier alpha value is -0.810. The van der Waals surface area contributed by atoms with E-state index in [1.807, 2.05) is 31.2 Å². The van der Waals surface area contributed by atoms with Crippen LogP contribution < -0.4 is 11.1 Å². The number of amides is 1. The number of hydrogen-bond donors (Lipinski definition) is 2. The van der Waals surface area contributed by atoms with Crippen molar-refractivity contribution in [3.8, 4) is 0 Å². The predicted octanol–water partition coefficient (Wildman–Crippen LogP) is 3.08. The van der Waals surface area contributed by atoms with E-state index in [1.165, 1.54) is 0 Å². The Morgan fingerprint density at radius 1 is 1.36 bits per heavy atom. The van der Waals surface area contributed by atoms with Gasteiger partial charge in [-0.25, -0.2) is 0 Å². The van der Waals surface area contributed by atoms with Gasteiger partial charge in [0.25, 0.3) is 0 Å². The molecule has 0 heterocycles. The Balaban J connectivity index is 0.00000242. The van der Waals surface area contributed by atoms with E-state index in [4.69, 9.17) is 22.1 Å². The maximum atomic E-state index is 12.3. The average Bonchev–Trinajstić information content (AvgIpc) is 2.88. The van der Waals surface area contributed by atoms with E-state index >= 15 is 0 Å². The van der Waals surface area contributed by atoms with Crippen LogP contribution in [0.1, 0.15) is 37.9 Å². The summed E-state index contributed by atoms with van der Waals surface area (Å²) in [4.78, 5) is 12.3. The van der Waals surface area contributed by atoms with E-state index in [-0.39, 0.29) is 42.4 Å². The van der Waals surface area contributed by atoms with E-state index in [2.05, 4.69) is 5.32 Å². The van der Waals surface area contributed by atoms with E-state index < -0.39 is 0 Å². The minimum absolute atomic E-state index is 0. The molecule has 4 atom stereocenters. The molecule has 1 aromatic rings. The molecule has 0 aromatic heterocycles. The smallest absolute Gasteiger partial charge is 0.223 e. The molecule has 0 radical (unpaired) electrons. The van der Waals surface area contributed by atoms with E-state index in [0.29, 0.717) is 5.02 Å². The van der Waals surface area contributed by atoms with Crippen molar-refractivity contribution in [1.29, 1.82) is 0 Å². The van der Waals surface area contributed by atoms with Gasteiger partial charge < -0.3 is 15.8 Å². The van der Waals surface area contributed by atoms with Crippen molar-refractivity contribution in [3.63, 3.8) is 0 Å². The van der Waals surface area contributed by atoms with E-state index in [0.717, 1.165) is 24.8 Å². The number of hydrogen-bond acceptors (Lipinski definition) is 3.